The van der Waals surface area contributed by atoms with Gasteiger partial charge in [0.05, 0.1) is 5.52 Å². The number of nitrogen functional groups attached to an aromatic ring is 1. The molecule has 0 unspecified atom stereocenters. The number of anilines is 1. The van der Waals surface area contributed by atoms with Gasteiger partial charge in [-0.3, -0.25) is 4.57 Å². The number of aromatic nitrogens is 1. The van der Waals surface area contributed by atoms with E-state index in [2.05, 4.69) is 0 Å². The highest BCUT2D eigenvalue weighted by molar-refractivity contribution is 5.81. The Labute approximate surface area is 87.3 Å². The van der Waals surface area contributed by atoms with Crippen LogP contribution in [0.4, 0.5) is 5.69 Å². The summed E-state index contributed by atoms with van der Waals surface area (Å²) in [4.78, 5) is 11.4. The quantitative estimate of drug-likeness (QED) is 0.724. The van der Waals surface area contributed by atoms with Crippen molar-refractivity contribution in [1.82, 2.24) is 4.57 Å². The monoisotopic (exact) mass is 206 g/mol. The molecule has 0 saturated heterocycles. The Kier molecular flexibility index (Phi) is 2.07. The second-order valence-corrected chi connectivity index (χ2v) is 4.04. The van der Waals surface area contributed by atoms with Crippen LogP contribution in [0.25, 0.3) is 11.1 Å². The third-order valence-electron chi connectivity index (χ3n) is 2.57. The predicted molar refractivity (Wildman–Crippen MR) is 60.0 cm³/mol. The van der Waals surface area contributed by atoms with E-state index in [4.69, 9.17) is 10.2 Å². The number of aryl methyl sites for hydroxylation is 1. The van der Waals surface area contributed by atoms with Gasteiger partial charge in [-0.25, -0.2) is 4.79 Å². The fourth-order valence-electron chi connectivity index (χ4n) is 1.70. The van der Waals surface area contributed by atoms with Gasteiger partial charge in [0.1, 0.15) is 0 Å². The molecule has 1 heterocycles. The Hall–Kier alpha value is -1.71. The van der Waals surface area contributed by atoms with E-state index < -0.39 is 0 Å². The predicted octanol–water partition coefficient (Wildman–Crippen LogP) is 1.84. The van der Waals surface area contributed by atoms with Crippen LogP contribution in [0.1, 0.15) is 25.3 Å². The van der Waals surface area contributed by atoms with Crippen LogP contribution >= 0.6 is 0 Å². The van der Waals surface area contributed by atoms with Crippen molar-refractivity contribution < 1.29 is 4.42 Å². The normalized spacial score (nSPS) is 11.5. The summed E-state index contributed by atoms with van der Waals surface area (Å²) in [5.74, 6) is -0.0703. The van der Waals surface area contributed by atoms with Gasteiger partial charge >= 0.3 is 5.76 Å². The summed E-state index contributed by atoms with van der Waals surface area (Å²) in [5, 5.41) is 0. The molecule has 2 N–H and O–H groups in total. The van der Waals surface area contributed by atoms with Crippen LogP contribution in [0.5, 0.6) is 0 Å². The minimum atomic E-state index is -0.350. The first-order chi connectivity index (χ1) is 7.00. The smallest absolute Gasteiger partial charge is 0.407 e. The van der Waals surface area contributed by atoms with E-state index >= 15 is 0 Å². The molecule has 4 nitrogen and oxygen atoms in total. The van der Waals surface area contributed by atoms with Crippen molar-refractivity contribution >= 4 is 16.8 Å². The molecular weight excluding hydrogens is 192 g/mol. The minimum Gasteiger partial charge on any atom is -0.407 e. The number of nitrogens with zero attached hydrogens (tertiary/aromatic N) is 1. The van der Waals surface area contributed by atoms with Gasteiger partial charge in [-0.15, -0.1) is 0 Å². The molecule has 2 aromatic rings. The highest BCUT2D eigenvalue weighted by atomic mass is 16.4. The lowest BCUT2D eigenvalue weighted by Gasteiger charge is -2.06. The standard InChI is InChI=1S/C11H14N2O2/c1-6(2)8-4-7(12)5-9-10(8)15-11(14)13(9)3/h4-6H,12H2,1-3H3. The van der Waals surface area contributed by atoms with E-state index in [9.17, 15) is 4.79 Å². The highest BCUT2D eigenvalue weighted by Gasteiger charge is 2.13. The van der Waals surface area contributed by atoms with Crippen molar-refractivity contribution in [3.05, 3.63) is 28.2 Å². The molecule has 1 aromatic heterocycles. The van der Waals surface area contributed by atoms with E-state index in [-0.39, 0.29) is 11.7 Å². The van der Waals surface area contributed by atoms with Crippen molar-refractivity contribution in [3.63, 3.8) is 0 Å². The first-order valence-electron chi connectivity index (χ1n) is 4.89. The molecule has 4 heteroatoms. The van der Waals surface area contributed by atoms with Crippen molar-refractivity contribution in [1.29, 1.82) is 0 Å². The molecule has 15 heavy (non-hydrogen) atoms. The number of oxazole rings is 1. The zero-order chi connectivity index (χ0) is 11.2. The molecule has 0 fully saturated rings. The fourth-order valence-corrected chi connectivity index (χ4v) is 1.70. The van der Waals surface area contributed by atoms with Gasteiger partial charge < -0.3 is 10.2 Å². The summed E-state index contributed by atoms with van der Waals surface area (Å²) in [7, 11) is 1.68. The summed E-state index contributed by atoms with van der Waals surface area (Å²) in [6, 6.07) is 3.61. The average Bonchev–Trinajstić information content (AvgIpc) is 2.43. The lowest BCUT2D eigenvalue weighted by Crippen LogP contribution is -2.08. The summed E-state index contributed by atoms with van der Waals surface area (Å²) < 4.78 is 6.67. The molecule has 2 rings (SSSR count). The molecule has 1 aromatic carbocycles. The Balaban J connectivity index is 2.92. The van der Waals surface area contributed by atoms with Gasteiger partial charge in [-0.1, -0.05) is 13.8 Å². The summed E-state index contributed by atoms with van der Waals surface area (Å²) in [6.07, 6.45) is 0. The maximum absolute atomic E-state index is 11.4. The van der Waals surface area contributed by atoms with E-state index in [1.165, 1.54) is 4.57 Å². The van der Waals surface area contributed by atoms with Crippen molar-refractivity contribution in [2.75, 3.05) is 5.73 Å². The molecule has 0 aliphatic carbocycles. The number of hydrogen-bond donors (Lipinski definition) is 1. The molecule has 0 amide bonds. The molecule has 0 saturated carbocycles. The van der Waals surface area contributed by atoms with Gasteiger partial charge in [-0.05, 0) is 18.1 Å². The third kappa shape index (κ3) is 1.42. The van der Waals surface area contributed by atoms with Crippen LogP contribution in [0.15, 0.2) is 21.3 Å². The Bertz CT molecular complexity index is 564. The van der Waals surface area contributed by atoms with Gasteiger partial charge in [0.25, 0.3) is 0 Å². The van der Waals surface area contributed by atoms with E-state index in [0.29, 0.717) is 11.3 Å². The van der Waals surface area contributed by atoms with E-state index in [0.717, 1.165) is 11.1 Å². The first kappa shape index (κ1) is 9.83. The number of fused-ring (bicyclic) bond motifs is 1. The zero-order valence-electron chi connectivity index (χ0n) is 9.07. The van der Waals surface area contributed by atoms with Gasteiger partial charge in [-0.2, -0.15) is 0 Å². The molecule has 0 aliphatic rings. The average molecular weight is 206 g/mol. The van der Waals surface area contributed by atoms with Crippen LogP contribution in [0.2, 0.25) is 0 Å². The number of rotatable bonds is 1. The zero-order valence-corrected chi connectivity index (χ0v) is 9.07. The number of hydrogen-bond acceptors (Lipinski definition) is 3. The lowest BCUT2D eigenvalue weighted by molar-refractivity contribution is 0.524. The number of nitrogens with two attached hydrogens (primary N) is 1. The molecule has 0 aliphatic heterocycles. The third-order valence-corrected chi connectivity index (χ3v) is 2.57. The highest BCUT2D eigenvalue weighted by Crippen LogP contribution is 2.27. The van der Waals surface area contributed by atoms with Crippen LogP contribution in [0, 0.1) is 0 Å². The van der Waals surface area contributed by atoms with E-state index in [1.807, 2.05) is 19.9 Å². The van der Waals surface area contributed by atoms with Crippen molar-refractivity contribution in [3.8, 4) is 0 Å². The molecule has 0 radical (unpaired) electrons. The summed E-state index contributed by atoms with van der Waals surface area (Å²) >= 11 is 0. The second-order valence-electron chi connectivity index (χ2n) is 4.04. The van der Waals surface area contributed by atoms with Crippen molar-refractivity contribution in [2.24, 2.45) is 7.05 Å². The molecule has 0 atom stereocenters. The maximum atomic E-state index is 11.4. The van der Waals surface area contributed by atoms with Crippen LogP contribution in [0.3, 0.4) is 0 Å². The van der Waals surface area contributed by atoms with Gasteiger partial charge in [0, 0.05) is 18.3 Å². The van der Waals surface area contributed by atoms with Gasteiger partial charge in [0.2, 0.25) is 0 Å². The molecular formula is C11H14N2O2. The molecule has 0 spiro atoms. The largest absolute Gasteiger partial charge is 0.419 e. The molecule has 80 valence electrons. The summed E-state index contributed by atoms with van der Waals surface area (Å²) in [5.41, 5.74) is 8.81. The Morgan fingerprint density at radius 1 is 1.40 bits per heavy atom. The van der Waals surface area contributed by atoms with Crippen LogP contribution in [-0.4, -0.2) is 4.57 Å². The minimum absolute atomic E-state index is 0.279. The maximum Gasteiger partial charge on any atom is 0.419 e. The van der Waals surface area contributed by atoms with Crippen molar-refractivity contribution in [2.45, 2.75) is 19.8 Å². The SMILES string of the molecule is CC(C)c1cc(N)cc2c1oc(=O)n2C. The van der Waals surface area contributed by atoms with Crippen LogP contribution in [-0.2, 0) is 7.05 Å². The molecule has 0 bridgehead atoms. The van der Waals surface area contributed by atoms with E-state index in [1.54, 1.807) is 13.1 Å². The van der Waals surface area contributed by atoms with Gasteiger partial charge in [0.15, 0.2) is 5.58 Å². The number of benzene rings is 1. The fraction of sp³-hybridized carbons (Fsp3) is 0.364. The topological polar surface area (TPSA) is 61.2 Å². The Morgan fingerprint density at radius 2 is 2.07 bits per heavy atom. The Morgan fingerprint density at radius 3 is 2.67 bits per heavy atom. The summed E-state index contributed by atoms with van der Waals surface area (Å²) in [6.45, 7) is 4.09. The first-order valence-corrected chi connectivity index (χ1v) is 4.89. The second kappa shape index (κ2) is 3.15. The lowest BCUT2D eigenvalue weighted by atomic mass is 10.0. The van der Waals surface area contributed by atoms with Crippen LogP contribution < -0.4 is 11.5 Å².